The number of aliphatic hydroxyl groups is 1. The second kappa shape index (κ2) is 5.65. The van der Waals surface area contributed by atoms with E-state index >= 15 is 0 Å². The van der Waals surface area contributed by atoms with E-state index in [1.54, 1.807) is 11.0 Å². The van der Waals surface area contributed by atoms with Crippen LogP contribution in [0, 0.1) is 0 Å². The topological polar surface area (TPSA) is 80.0 Å². The Kier molecular flexibility index (Phi) is 3.70. The number of nitrogens with one attached hydrogen (secondary N) is 1. The molecule has 6 heteroatoms. The molecule has 0 radical (unpaired) electrons. The first-order valence-electron chi connectivity index (χ1n) is 7.12. The highest BCUT2D eigenvalue weighted by molar-refractivity contribution is 5.91. The van der Waals surface area contributed by atoms with Crippen LogP contribution in [0.5, 0.6) is 0 Å². The molecule has 21 heavy (non-hydrogen) atoms. The van der Waals surface area contributed by atoms with Gasteiger partial charge in [0.25, 0.3) is 0 Å². The number of amides is 1. The van der Waals surface area contributed by atoms with Gasteiger partial charge in [-0.25, -0.2) is 9.67 Å². The van der Waals surface area contributed by atoms with Gasteiger partial charge in [0.2, 0.25) is 5.91 Å². The molecule has 1 saturated carbocycles. The highest BCUT2D eigenvalue weighted by Crippen LogP contribution is 2.32. The Bertz CT molecular complexity index is 601. The molecule has 1 fully saturated rings. The average molecular weight is 286 g/mol. The van der Waals surface area contributed by atoms with E-state index in [1.807, 2.05) is 24.3 Å². The summed E-state index contributed by atoms with van der Waals surface area (Å²) >= 11 is 0. The number of anilines is 1. The summed E-state index contributed by atoms with van der Waals surface area (Å²) in [5, 5.41) is 17.1. The fourth-order valence-corrected chi connectivity index (χ4v) is 2.75. The van der Waals surface area contributed by atoms with E-state index in [1.165, 1.54) is 6.33 Å². The third kappa shape index (κ3) is 3.28. The van der Waals surface area contributed by atoms with Crippen molar-refractivity contribution in [2.45, 2.75) is 37.7 Å². The van der Waals surface area contributed by atoms with Crippen LogP contribution in [0.3, 0.4) is 0 Å². The Morgan fingerprint density at radius 1 is 1.29 bits per heavy atom. The third-order valence-electron chi connectivity index (χ3n) is 3.86. The molecule has 0 aliphatic heterocycles. The second-order valence-electron chi connectivity index (χ2n) is 5.54. The van der Waals surface area contributed by atoms with E-state index in [0.717, 1.165) is 18.5 Å². The van der Waals surface area contributed by atoms with Gasteiger partial charge in [0.05, 0.1) is 17.7 Å². The molecule has 0 unspecified atom stereocenters. The third-order valence-corrected chi connectivity index (χ3v) is 3.86. The Labute approximate surface area is 122 Å². The van der Waals surface area contributed by atoms with E-state index in [9.17, 15) is 9.90 Å². The van der Waals surface area contributed by atoms with Crippen molar-refractivity contribution in [3.05, 3.63) is 36.9 Å². The minimum Gasteiger partial charge on any atom is -0.389 e. The molecule has 1 aromatic heterocycles. The van der Waals surface area contributed by atoms with Crippen molar-refractivity contribution in [1.29, 1.82) is 0 Å². The molecule has 1 aliphatic rings. The molecule has 2 N–H and O–H groups in total. The number of aromatic nitrogens is 3. The lowest BCUT2D eigenvalue weighted by Crippen LogP contribution is -2.30. The molecular formula is C15H18N4O2. The first kappa shape index (κ1) is 13.8. The van der Waals surface area contributed by atoms with Crippen molar-refractivity contribution >= 4 is 11.6 Å². The molecule has 0 saturated heterocycles. The van der Waals surface area contributed by atoms with Gasteiger partial charge in [0.15, 0.2) is 0 Å². The molecule has 1 amide bonds. The van der Waals surface area contributed by atoms with Crippen molar-refractivity contribution in [3.8, 4) is 5.69 Å². The van der Waals surface area contributed by atoms with Gasteiger partial charge in [-0.1, -0.05) is 12.8 Å². The van der Waals surface area contributed by atoms with Crippen molar-refractivity contribution in [2.24, 2.45) is 0 Å². The first-order valence-corrected chi connectivity index (χ1v) is 7.12. The van der Waals surface area contributed by atoms with Crippen molar-refractivity contribution in [3.63, 3.8) is 0 Å². The summed E-state index contributed by atoms with van der Waals surface area (Å²) in [4.78, 5) is 15.9. The number of carbonyl (C=O) groups excluding carboxylic acids is 1. The van der Waals surface area contributed by atoms with Crippen LogP contribution in [0.2, 0.25) is 0 Å². The van der Waals surface area contributed by atoms with Crippen LogP contribution in [-0.4, -0.2) is 31.4 Å². The molecule has 1 aliphatic carbocycles. The maximum absolute atomic E-state index is 12.0. The van der Waals surface area contributed by atoms with Crippen molar-refractivity contribution in [2.75, 3.05) is 5.32 Å². The van der Waals surface area contributed by atoms with Crippen LogP contribution in [0.4, 0.5) is 5.69 Å². The average Bonchev–Trinajstić information content (AvgIpc) is 3.11. The first-order chi connectivity index (χ1) is 10.1. The van der Waals surface area contributed by atoms with Gasteiger partial charge in [-0.3, -0.25) is 4.79 Å². The van der Waals surface area contributed by atoms with E-state index < -0.39 is 5.60 Å². The zero-order valence-corrected chi connectivity index (χ0v) is 11.7. The minimum absolute atomic E-state index is 0.145. The number of hydrogen-bond donors (Lipinski definition) is 2. The lowest BCUT2D eigenvalue weighted by Gasteiger charge is -2.21. The molecule has 1 aromatic carbocycles. The van der Waals surface area contributed by atoms with Crippen LogP contribution in [0.25, 0.3) is 5.69 Å². The van der Waals surface area contributed by atoms with Crippen LogP contribution in [0.15, 0.2) is 36.9 Å². The number of carbonyl (C=O) groups is 1. The SMILES string of the molecule is O=C(CC1(O)CCCC1)Nc1ccc(-n2cncn2)cc1. The number of rotatable bonds is 4. The number of benzene rings is 1. The van der Waals surface area contributed by atoms with E-state index in [-0.39, 0.29) is 12.3 Å². The van der Waals surface area contributed by atoms with Gasteiger partial charge in [-0.05, 0) is 37.1 Å². The summed E-state index contributed by atoms with van der Waals surface area (Å²) in [6.45, 7) is 0. The normalized spacial score (nSPS) is 16.8. The molecule has 110 valence electrons. The van der Waals surface area contributed by atoms with E-state index in [2.05, 4.69) is 15.4 Å². The Morgan fingerprint density at radius 2 is 2.00 bits per heavy atom. The summed E-state index contributed by atoms with van der Waals surface area (Å²) in [7, 11) is 0. The monoisotopic (exact) mass is 286 g/mol. The van der Waals surface area contributed by atoms with Gasteiger partial charge in [0.1, 0.15) is 12.7 Å². The summed E-state index contributed by atoms with van der Waals surface area (Å²) in [5.74, 6) is -0.145. The molecule has 3 rings (SSSR count). The highest BCUT2D eigenvalue weighted by Gasteiger charge is 2.33. The Hall–Kier alpha value is -2.21. The fourth-order valence-electron chi connectivity index (χ4n) is 2.75. The summed E-state index contributed by atoms with van der Waals surface area (Å²) < 4.78 is 1.65. The largest absolute Gasteiger partial charge is 0.389 e. The maximum atomic E-state index is 12.0. The van der Waals surface area contributed by atoms with Crippen LogP contribution >= 0.6 is 0 Å². The molecule has 1 heterocycles. The zero-order chi connectivity index (χ0) is 14.7. The lowest BCUT2D eigenvalue weighted by molar-refractivity contribution is -0.120. The molecule has 0 atom stereocenters. The summed E-state index contributed by atoms with van der Waals surface area (Å²) in [6.07, 6.45) is 6.67. The van der Waals surface area contributed by atoms with Crippen LogP contribution in [0.1, 0.15) is 32.1 Å². The van der Waals surface area contributed by atoms with Gasteiger partial charge in [0, 0.05) is 5.69 Å². The van der Waals surface area contributed by atoms with E-state index in [4.69, 9.17) is 0 Å². The molecular weight excluding hydrogens is 268 g/mol. The quantitative estimate of drug-likeness (QED) is 0.899. The maximum Gasteiger partial charge on any atom is 0.227 e. The smallest absolute Gasteiger partial charge is 0.227 e. The van der Waals surface area contributed by atoms with Crippen LogP contribution < -0.4 is 5.32 Å². The van der Waals surface area contributed by atoms with Crippen LogP contribution in [-0.2, 0) is 4.79 Å². The molecule has 0 spiro atoms. The Morgan fingerprint density at radius 3 is 2.62 bits per heavy atom. The van der Waals surface area contributed by atoms with Gasteiger partial charge >= 0.3 is 0 Å². The zero-order valence-electron chi connectivity index (χ0n) is 11.7. The molecule has 6 nitrogen and oxygen atoms in total. The van der Waals surface area contributed by atoms with E-state index in [0.29, 0.717) is 18.5 Å². The number of nitrogens with zero attached hydrogens (tertiary/aromatic N) is 3. The molecule has 0 bridgehead atoms. The van der Waals surface area contributed by atoms with Crippen molar-refractivity contribution < 1.29 is 9.90 Å². The predicted octanol–water partition coefficient (Wildman–Crippen LogP) is 1.90. The van der Waals surface area contributed by atoms with Gasteiger partial charge in [-0.2, -0.15) is 5.10 Å². The number of hydrogen-bond acceptors (Lipinski definition) is 4. The fraction of sp³-hybridized carbons (Fsp3) is 0.400. The second-order valence-corrected chi connectivity index (χ2v) is 5.54. The van der Waals surface area contributed by atoms with Gasteiger partial charge < -0.3 is 10.4 Å². The Balaban J connectivity index is 1.61. The minimum atomic E-state index is -0.815. The predicted molar refractivity (Wildman–Crippen MR) is 78.0 cm³/mol. The molecule has 2 aromatic rings. The van der Waals surface area contributed by atoms with Gasteiger partial charge in [-0.15, -0.1) is 0 Å². The standard InChI is InChI=1S/C15H18N4O2/c20-14(9-15(21)7-1-2-8-15)18-12-3-5-13(6-4-12)19-11-16-10-17-19/h3-6,10-11,21H,1-2,7-9H2,(H,18,20). The highest BCUT2D eigenvalue weighted by atomic mass is 16.3. The van der Waals surface area contributed by atoms with Crippen molar-refractivity contribution in [1.82, 2.24) is 14.8 Å². The summed E-state index contributed by atoms with van der Waals surface area (Å²) in [5.41, 5.74) is 0.774. The lowest BCUT2D eigenvalue weighted by atomic mass is 9.97. The summed E-state index contributed by atoms with van der Waals surface area (Å²) in [6, 6.07) is 7.34.